The first-order valence-electron chi connectivity index (χ1n) is 8.30. The molecule has 0 atom stereocenters. The number of aromatic nitrogens is 3. The second-order valence-corrected chi connectivity index (χ2v) is 8.71. The summed E-state index contributed by atoms with van der Waals surface area (Å²) in [6.45, 7) is 5.62. The van der Waals surface area contributed by atoms with Crippen LogP contribution in [0, 0.1) is 6.92 Å². The van der Waals surface area contributed by atoms with Crippen molar-refractivity contribution in [3.63, 3.8) is 0 Å². The fraction of sp³-hybridized carbons (Fsp3) is 0.438. The number of carbonyl (C=O) groups is 1. The lowest BCUT2D eigenvalue weighted by atomic mass is 10.3. The van der Waals surface area contributed by atoms with Crippen LogP contribution in [-0.2, 0) is 14.8 Å². The molecule has 148 valence electrons. The molecule has 11 heteroatoms. The molecule has 1 aromatic carbocycles. The first kappa shape index (κ1) is 21.2. The van der Waals surface area contributed by atoms with Crippen molar-refractivity contribution >= 4 is 27.7 Å². The Morgan fingerprint density at radius 1 is 1.30 bits per heavy atom. The van der Waals surface area contributed by atoms with Gasteiger partial charge in [-0.1, -0.05) is 11.8 Å². The molecule has 1 heterocycles. The van der Waals surface area contributed by atoms with Crippen LogP contribution in [-0.4, -0.2) is 54.5 Å². The normalized spacial score (nSPS) is 11.6. The molecule has 3 N–H and O–H groups in total. The number of rotatable bonds is 10. The van der Waals surface area contributed by atoms with Gasteiger partial charge in [0.1, 0.15) is 11.6 Å². The molecule has 1 aromatic heterocycles. The molecule has 0 aliphatic carbocycles. The van der Waals surface area contributed by atoms with Crippen molar-refractivity contribution in [1.82, 2.24) is 25.2 Å². The smallest absolute Gasteiger partial charge is 0.257 e. The van der Waals surface area contributed by atoms with Crippen LogP contribution in [0.5, 0.6) is 5.75 Å². The summed E-state index contributed by atoms with van der Waals surface area (Å²) in [6, 6.07) is 5.72. The Morgan fingerprint density at radius 2 is 2.00 bits per heavy atom. The van der Waals surface area contributed by atoms with E-state index in [4.69, 9.17) is 4.74 Å². The molecular formula is C16H23N5O4S2. The number of hydrogen-bond donors (Lipinski definition) is 3. The topological polar surface area (TPSA) is 126 Å². The standard InChI is InChI=1S/C16H23N5O4S2/c1-11(2)21-27(23,24)14-6-4-13(5-7-14)25-10-15(22)17-8-9-26-16-18-12(3)19-20-16/h4-7,11,21H,8-10H2,1-3H3,(H,17,22)(H,18,19,20). The van der Waals surface area contributed by atoms with Gasteiger partial charge in [0.25, 0.3) is 5.91 Å². The van der Waals surface area contributed by atoms with Crippen molar-refractivity contribution in [2.24, 2.45) is 0 Å². The summed E-state index contributed by atoms with van der Waals surface area (Å²) in [6.07, 6.45) is 0. The predicted octanol–water partition coefficient (Wildman–Crippen LogP) is 1.09. The molecule has 9 nitrogen and oxygen atoms in total. The molecule has 0 unspecified atom stereocenters. The number of sulfonamides is 1. The molecule has 0 spiro atoms. The molecule has 0 aliphatic rings. The molecule has 0 bridgehead atoms. The molecule has 1 amide bonds. The fourth-order valence-corrected chi connectivity index (χ4v) is 3.96. The molecule has 27 heavy (non-hydrogen) atoms. The maximum atomic E-state index is 12.0. The van der Waals surface area contributed by atoms with Crippen molar-refractivity contribution in [2.75, 3.05) is 18.9 Å². The SMILES string of the molecule is Cc1nc(SCCNC(=O)COc2ccc(S(=O)(=O)NC(C)C)cc2)n[nH]1. The maximum Gasteiger partial charge on any atom is 0.257 e. The number of amides is 1. The first-order chi connectivity index (χ1) is 12.8. The van der Waals surface area contributed by atoms with Crippen LogP contribution in [0.3, 0.4) is 0 Å². The van der Waals surface area contributed by atoms with Gasteiger partial charge in [-0.15, -0.1) is 5.10 Å². The fourth-order valence-electron chi connectivity index (χ4n) is 2.01. The number of benzene rings is 1. The minimum atomic E-state index is -3.54. The van der Waals surface area contributed by atoms with E-state index in [-0.39, 0.29) is 23.5 Å². The Kier molecular flexibility index (Phi) is 7.63. The Bertz CT molecular complexity index is 850. The first-order valence-corrected chi connectivity index (χ1v) is 10.8. The van der Waals surface area contributed by atoms with Gasteiger partial charge in [0.2, 0.25) is 15.2 Å². The van der Waals surface area contributed by atoms with Gasteiger partial charge in [0.05, 0.1) is 4.90 Å². The number of ether oxygens (including phenoxy) is 1. The average molecular weight is 414 g/mol. The van der Waals surface area contributed by atoms with E-state index in [9.17, 15) is 13.2 Å². The lowest BCUT2D eigenvalue weighted by Gasteiger charge is -2.10. The van der Waals surface area contributed by atoms with E-state index in [0.717, 1.165) is 5.82 Å². The summed E-state index contributed by atoms with van der Waals surface area (Å²) in [7, 11) is -3.54. The highest BCUT2D eigenvalue weighted by molar-refractivity contribution is 7.99. The summed E-state index contributed by atoms with van der Waals surface area (Å²) in [5.41, 5.74) is 0. The summed E-state index contributed by atoms with van der Waals surface area (Å²) in [5.74, 6) is 1.53. The monoisotopic (exact) mass is 413 g/mol. The number of nitrogens with zero attached hydrogens (tertiary/aromatic N) is 2. The third kappa shape index (κ3) is 7.19. The van der Waals surface area contributed by atoms with Crippen LogP contribution < -0.4 is 14.8 Å². The maximum absolute atomic E-state index is 12.0. The van der Waals surface area contributed by atoms with E-state index < -0.39 is 10.0 Å². The molecule has 0 saturated heterocycles. The second kappa shape index (κ2) is 9.72. The van der Waals surface area contributed by atoms with Gasteiger partial charge in [-0.3, -0.25) is 9.89 Å². The number of hydrogen-bond acceptors (Lipinski definition) is 7. The molecule has 0 radical (unpaired) electrons. The van der Waals surface area contributed by atoms with Crippen molar-refractivity contribution < 1.29 is 17.9 Å². The zero-order valence-corrected chi connectivity index (χ0v) is 17.0. The second-order valence-electron chi connectivity index (χ2n) is 5.94. The highest BCUT2D eigenvalue weighted by Gasteiger charge is 2.15. The van der Waals surface area contributed by atoms with Gasteiger partial charge in [0.15, 0.2) is 6.61 Å². The molecule has 0 aliphatic heterocycles. The number of thioether (sulfide) groups is 1. The van der Waals surface area contributed by atoms with Crippen LogP contribution in [0.2, 0.25) is 0 Å². The molecular weight excluding hydrogens is 390 g/mol. The quantitative estimate of drug-likeness (QED) is 0.393. The lowest BCUT2D eigenvalue weighted by molar-refractivity contribution is -0.122. The van der Waals surface area contributed by atoms with Crippen molar-refractivity contribution in [2.45, 2.75) is 36.9 Å². The number of nitrogens with one attached hydrogen (secondary N) is 3. The van der Waals surface area contributed by atoms with Gasteiger partial charge < -0.3 is 10.1 Å². The zero-order chi connectivity index (χ0) is 19.9. The summed E-state index contributed by atoms with van der Waals surface area (Å²) in [5, 5.41) is 10.1. The van der Waals surface area contributed by atoms with E-state index >= 15 is 0 Å². The number of aryl methyl sites for hydroxylation is 1. The van der Waals surface area contributed by atoms with Gasteiger partial charge >= 0.3 is 0 Å². The van der Waals surface area contributed by atoms with E-state index in [1.54, 1.807) is 13.8 Å². The van der Waals surface area contributed by atoms with Gasteiger partial charge in [0, 0.05) is 18.3 Å². The van der Waals surface area contributed by atoms with E-state index in [1.807, 2.05) is 6.92 Å². The Labute approximate surface area is 162 Å². The Morgan fingerprint density at radius 3 is 2.59 bits per heavy atom. The number of aromatic amines is 1. The third-order valence-electron chi connectivity index (χ3n) is 3.13. The average Bonchev–Trinajstić information content (AvgIpc) is 3.01. The molecule has 0 fully saturated rings. The predicted molar refractivity (Wildman–Crippen MR) is 102 cm³/mol. The van der Waals surface area contributed by atoms with Crippen LogP contribution in [0.25, 0.3) is 0 Å². The Balaban J connectivity index is 1.71. The van der Waals surface area contributed by atoms with Crippen molar-refractivity contribution in [3.8, 4) is 5.75 Å². The van der Waals surface area contributed by atoms with Gasteiger partial charge in [-0.05, 0) is 45.0 Å². The summed E-state index contributed by atoms with van der Waals surface area (Å²) < 4.78 is 32.0. The van der Waals surface area contributed by atoms with E-state index in [2.05, 4.69) is 25.2 Å². The van der Waals surface area contributed by atoms with Gasteiger partial charge in [-0.25, -0.2) is 18.1 Å². The largest absolute Gasteiger partial charge is 0.484 e. The number of H-pyrrole nitrogens is 1. The van der Waals surface area contributed by atoms with E-state index in [1.165, 1.54) is 36.0 Å². The highest BCUT2D eigenvalue weighted by Crippen LogP contribution is 2.16. The highest BCUT2D eigenvalue weighted by atomic mass is 32.2. The summed E-state index contributed by atoms with van der Waals surface area (Å²) >= 11 is 1.43. The summed E-state index contributed by atoms with van der Waals surface area (Å²) in [4.78, 5) is 16.1. The minimum Gasteiger partial charge on any atom is -0.484 e. The van der Waals surface area contributed by atoms with Crippen molar-refractivity contribution in [3.05, 3.63) is 30.1 Å². The Hall–Kier alpha value is -2.11. The molecule has 2 rings (SSSR count). The van der Waals surface area contributed by atoms with Crippen LogP contribution in [0.1, 0.15) is 19.7 Å². The lowest BCUT2D eigenvalue weighted by Crippen LogP contribution is -2.31. The third-order valence-corrected chi connectivity index (χ3v) is 5.65. The van der Waals surface area contributed by atoms with Crippen LogP contribution in [0.4, 0.5) is 0 Å². The van der Waals surface area contributed by atoms with Gasteiger partial charge in [-0.2, -0.15) is 0 Å². The van der Waals surface area contributed by atoms with Crippen molar-refractivity contribution in [1.29, 1.82) is 0 Å². The molecule has 0 saturated carbocycles. The van der Waals surface area contributed by atoms with Crippen LogP contribution in [0.15, 0.2) is 34.3 Å². The number of carbonyl (C=O) groups excluding carboxylic acids is 1. The van der Waals surface area contributed by atoms with E-state index in [0.29, 0.717) is 23.2 Å². The molecule has 2 aromatic rings. The minimum absolute atomic E-state index is 0.146. The van der Waals surface area contributed by atoms with Crippen LogP contribution >= 0.6 is 11.8 Å². The zero-order valence-electron chi connectivity index (χ0n) is 15.4.